The van der Waals surface area contributed by atoms with Crippen LogP contribution in [0.5, 0.6) is 0 Å². The van der Waals surface area contributed by atoms with Gasteiger partial charge in [-0.25, -0.2) is 0 Å². The van der Waals surface area contributed by atoms with E-state index in [-0.39, 0.29) is 0 Å². The van der Waals surface area contributed by atoms with Crippen molar-refractivity contribution in [3.63, 3.8) is 0 Å². The van der Waals surface area contributed by atoms with Crippen LogP contribution in [-0.4, -0.2) is 12.5 Å². The number of furan rings is 1. The van der Waals surface area contributed by atoms with E-state index in [1.165, 1.54) is 42.8 Å². The number of rotatable bonds is 1. The molecule has 1 aliphatic rings. The predicted molar refractivity (Wildman–Crippen MR) is 121 cm³/mol. The topological polar surface area (TPSA) is 13.1 Å². The van der Waals surface area contributed by atoms with E-state index in [4.69, 9.17) is 4.42 Å². The van der Waals surface area contributed by atoms with Crippen LogP contribution >= 0.6 is 10.0 Å². The maximum atomic E-state index is 6.10. The number of hydrogen-bond acceptors (Lipinski definition) is 1. The number of hydrogen-bond donors (Lipinski definition) is 0. The third-order valence-corrected chi connectivity index (χ3v) is 8.86. The first-order valence-corrected chi connectivity index (χ1v) is 12.0. The molecule has 1 nitrogen and oxygen atoms in total. The summed E-state index contributed by atoms with van der Waals surface area (Å²) in [7, 11) is -1.00. The maximum Gasteiger partial charge on any atom is 0.136 e. The molecule has 2 heteroatoms. The first kappa shape index (κ1) is 16.0. The summed E-state index contributed by atoms with van der Waals surface area (Å²) in [5.41, 5.74) is 7.21. The number of fused-ring (bicyclic) bond motifs is 6. The zero-order chi connectivity index (χ0) is 18.9. The van der Waals surface area contributed by atoms with Crippen LogP contribution in [0.4, 0.5) is 0 Å². The third-order valence-electron chi connectivity index (χ3n) is 5.97. The Morgan fingerprint density at radius 3 is 2.25 bits per heavy atom. The summed E-state index contributed by atoms with van der Waals surface area (Å²) in [6.07, 6.45) is 4.82. The van der Waals surface area contributed by atoms with Gasteiger partial charge in [-0.2, -0.15) is 10.0 Å². The lowest BCUT2D eigenvalue weighted by molar-refractivity contribution is 0.669. The summed E-state index contributed by atoms with van der Waals surface area (Å²) in [4.78, 5) is 2.98. The van der Waals surface area contributed by atoms with E-state index in [1.54, 1.807) is 0 Å². The van der Waals surface area contributed by atoms with Crippen molar-refractivity contribution in [1.82, 2.24) is 0 Å². The van der Waals surface area contributed by atoms with Gasteiger partial charge in [0.05, 0.1) is 0 Å². The van der Waals surface area contributed by atoms with Crippen molar-refractivity contribution in [1.29, 1.82) is 0 Å². The molecule has 0 saturated carbocycles. The Morgan fingerprint density at radius 2 is 1.32 bits per heavy atom. The molecule has 0 unspecified atom stereocenters. The highest BCUT2D eigenvalue weighted by Crippen LogP contribution is 2.67. The Balaban J connectivity index is 1.64. The summed E-state index contributed by atoms with van der Waals surface area (Å²) < 4.78 is 6.10. The molecule has 0 radical (unpaired) electrons. The van der Waals surface area contributed by atoms with E-state index >= 15 is 0 Å². The fraction of sp³-hybridized carbons (Fsp3) is 0.0769. The van der Waals surface area contributed by atoms with Gasteiger partial charge in [0, 0.05) is 20.6 Å². The van der Waals surface area contributed by atoms with Crippen molar-refractivity contribution < 1.29 is 4.42 Å². The van der Waals surface area contributed by atoms with Crippen molar-refractivity contribution in [3.05, 3.63) is 84.9 Å². The second-order valence-electron chi connectivity index (χ2n) is 7.81. The lowest BCUT2D eigenvalue weighted by atomic mass is 9.97. The van der Waals surface area contributed by atoms with Gasteiger partial charge in [-0.05, 0) is 59.0 Å². The summed E-state index contributed by atoms with van der Waals surface area (Å²) in [5.74, 6) is 0. The van der Waals surface area contributed by atoms with E-state index in [0.717, 1.165) is 11.2 Å². The summed E-state index contributed by atoms with van der Waals surface area (Å²) in [6, 6.07) is 30.6. The molecular formula is C26H20OS. The molecular weight excluding hydrogens is 360 g/mol. The molecule has 2 heterocycles. The largest absolute Gasteiger partial charge is 0.456 e. The fourth-order valence-electron chi connectivity index (χ4n) is 4.60. The van der Waals surface area contributed by atoms with Crippen molar-refractivity contribution >= 4 is 32.0 Å². The monoisotopic (exact) mass is 380 g/mol. The molecule has 0 bridgehead atoms. The van der Waals surface area contributed by atoms with E-state index in [9.17, 15) is 0 Å². The highest BCUT2D eigenvalue weighted by molar-refractivity contribution is 8.33. The lowest BCUT2D eigenvalue weighted by Gasteiger charge is -2.28. The summed E-state index contributed by atoms with van der Waals surface area (Å²) in [6.45, 7) is 0. The minimum Gasteiger partial charge on any atom is -0.456 e. The minimum absolute atomic E-state index is 0.949. The fourth-order valence-corrected chi connectivity index (χ4v) is 7.14. The first-order valence-electron chi connectivity index (χ1n) is 9.52. The zero-order valence-corrected chi connectivity index (χ0v) is 16.7. The summed E-state index contributed by atoms with van der Waals surface area (Å²) in [5, 5.41) is 2.39. The first-order chi connectivity index (χ1) is 13.6. The Labute approximate surface area is 165 Å². The smallest absolute Gasteiger partial charge is 0.136 e. The van der Waals surface area contributed by atoms with Crippen molar-refractivity contribution in [2.24, 2.45) is 0 Å². The van der Waals surface area contributed by atoms with Crippen LogP contribution in [0.25, 0.3) is 44.2 Å². The van der Waals surface area contributed by atoms with Crippen molar-refractivity contribution in [2.75, 3.05) is 12.5 Å². The zero-order valence-electron chi connectivity index (χ0n) is 15.9. The quantitative estimate of drug-likeness (QED) is 0.290. The van der Waals surface area contributed by atoms with Gasteiger partial charge in [-0.1, -0.05) is 60.7 Å². The van der Waals surface area contributed by atoms with Gasteiger partial charge >= 0.3 is 0 Å². The van der Waals surface area contributed by atoms with Crippen molar-refractivity contribution in [2.45, 2.75) is 9.79 Å². The van der Waals surface area contributed by atoms with Crippen LogP contribution in [0, 0.1) is 0 Å². The van der Waals surface area contributed by atoms with E-state index < -0.39 is 10.0 Å². The molecule has 1 aliphatic heterocycles. The highest BCUT2D eigenvalue weighted by Gasteiger charge is 2.31. The second-order valence-corrected chi connectivity index (χ2v) is 11.3. The van der Waals surface area contributed by atoms with Crippen LogP contribution in [0.3, 0.4) is 0 Å². The molecule has 0 fully saturated rings. The molecule has 0 spiro atoms. The Bertz CT molecular complexity index is 1390. The molecule has 0 N–H and O–H groups in total. The molecule has 5 aromatic rings. The SMILES string of the molecule is CS1(C)c2ccccc2-c2ccc(-c3cccc4oc5ccccc5c34)cc21. The van der Waals surface area contributed by atoms with Gasteiger partial charge in [0.15, 0.2) is 0 Å². The van der Waals surface area contributed by atoms with Crippen LogP contribution < -0.4 is 0 Å². The molecule has 1 aromatic heterocycles. The Kier molecular flexibility index (Phi) is 3.16. The Morgan fingerprint density at radius 1 is 0.607 bits per heavy atom. The van der Waals surface area contributed by atoms with Crippen LogP contribution in [0.15, 0.2) is 99.1 Å². The number of para-hydroxylation sites is 1. The average molecular weight is 381 g/mol. The van der Waals surface area contributed by atoms with E-state index in [2.05, 4.69) is 85.3 Å². The van der Waals surface area contributed by atoms with E-state index in [0.29, 0.717) is 0 Å². The van der Waals surface area contributed by atoms with Gasteiger partial charge < -0.3 is 4.42 Å². The average Bonchev–Trinajstić information content (AvgIpc) is 3.21. The molecule has 28 heavy (non-hydrogen) atoms. The normalized spacial score (nSPS) is 15.5. The van der Waals surface area contributed by atoms with E-state index in [1.807, 2.05) is 12.1 Å². The van der Waals surface area contributed by atoms with Crippen molar-refractivity contribution in [3.8, 4) is 22.3 Å². The molecule has 0 saturated heterocycles. The molecule has 136 valence electrons. The highest BCUT2D eigenvalue weighted by atomic mass is 32.3. The summed E-state index contributed by atoms with van der Waals surface area (Å²) >= 11 is 0. The minimum atomic E-state index is -1.00. The second kappa shape index (κ2) is 5.52. The Hall–Kier alpha value is -2.97. The van der Waals surface area contributed by atoms with Gasteiger partial charge in [0.25, 0.3) is 0 Å². The van der Waals surface area contributed by atoms with Gasteiger partial charge in [0.2, 0.25) is 0 Å². The van der Waals surface area contributed by atoms with Gasteiger partial charge in [0.1, 0.15) is 11.2 Å². The predicted octanol–water partition coefficient (Wildman–Crippen LogP) is 7.72. The molecule has 4 aromatic carbocycles. The van der Waals surface area contributed by atoms with Gasteiger partial charge in [-0.15, -0.1) is 0 Å². The van der Waals surface area contributed by atoms with Crippen LogP contribution in [-0.2, 0) is 0 Å². The van der Waals surface area contributed by atoms with Crippen LogP contribution in [0.1, 0.15) is 0 Å². The maximum absolute atomic E-state index is 6.10. The van der Waals surface area contributed by atoms with Gasteiger partial charge in [-0.3, -0.25) is 0 Å². The van der Waals surface area contributed by atoms with Crippen LogP contribution in [0.2, 0.25) is 0 Å². The molecule has 6 rings (SSSR count). The number of benzene rings is 4. The molecule has 0 atom stereocenters. The third kappa shape index (κ3) is 2.04. The molecule has 0 aliphatic carbocycles. The lowest BCUT2D eigenvalue weighted by Crippen LogP contribution is -1.93. The molecule has 0 amide bonds. The standard InChI is InChI=1S/C26H20OS/c1-28(2)24-13-6-4-8-19(24)20-15-14-17(16-25(20)28)18-10-7-12-23-26(18)21-9-3-5-11-22(21)27-23/h3-16H,1-2H3.